The van der Waals surface area contributed by atoms with E-state index in [2.05, 4.69) is 47.8 Å². The van der Waals surface area contributed by atoms with Gasteiger partial charge in [-0.05, 0) is 47.8 Å². The molecule has 6 nitrogen and oxygen atoms in total. The highest BCUT2D eigenvalue weighted by Gasteiger charge is 2.26. The summed E-state index contributed by atoms with van der Waals surface area (Å²) in [6.07, 6.45) is 0. The Balaban J connectivity index is 3.59. The largest absolute Gasteiger partial charge is 0.291 e. The third kappa shape index (κ3) is 2.34. The van der Waals surface area contributed by atoms with E-state index in [0.29, 0.717) is 0 Å². The fraction of sp³-hybridized carbons (Fsp3) is 0. The van der Waals surface area contributed by atoms with Gasteiger partial charge in [0.05, 0.1) is 20.4 Å². The van der Waals surface area contributed by atoms with Crippen LogP contribution >= 0.6 is 47.8 Å². The van der Waals surface area contributed by atoms with E-state index < -0.39 is 9.85 Å². The number of hydrogen-bond donors (Lipinski definition) is 0. The highest BCUT2D eigenvalue weighted by Crippen LogP contribution is 2.43. The van der Waals surface area contributed by atoms with Crippen molar-refractivity contribution in [3.05, 3.63) is 39.7 Å². The molecule has 0 aromatic heterocycles. The van der Waals surface area contributed by atoms with Crippen LogP contribution in [0, 0.1) is 20.2 Å². The van der Waals surface area contributed by atoms with Crippen LogP contribution in [0.1, 0.15) is 0 Å². The van der Waals surface area contributed by atoms with Crippen molar-refractivity contribution in [1.82, 2.24) is 0 Å². The van der Waals surface area contributed by atoms with Crippen LogP contribution in [0.3, 0.4) is 0 Å². The van der Waals surface area contributed by atoms with E-state index in [1.165, 1.54) is 0 Å². The summed E-state index contributed by atoms with van der Waals surface area (Å²) in [6, 6.07) is 0.888. The lowest BCUT2D eigenvalue weighted by Gasteiger charge is -2.02. The average molecular weight is 405 g/mol. The topological polar surface area (TPSA) is 86.3 Å². The fourth-order valence-electron chi connectivity index (χ4n) is 0.843. The second kappa shape index (κ2) is 4.54. The van der Waals surface area contributed by atoms with E-state index in [0.717, 1.165) is 6.07 Å². The van der Waals surface area contributed by atoms with Crippen LogP contribution in [0.5, 0.6) is 0 Å². The van der Waals surface area contributed by atoms with Gasteiger partial charge in [0, 0.05) is 0 Å². The Kier molecular flexibility index (Phi) is 3.79. The number of nitro groups is 2. The summed E-state index contributed by atoms with van der Waals surface area (Å²) in [7, 11) is 0. The minimum atomic E-state index is -0.700. The van der Waals surface area contributed by atoms with Gasteiger partial charge in [0.1, 0.15) is 8.95 Å². The molecule has 0 fully saturated rings. The van der Waals surface area contributed by atoms with Gasteiger partial charge in [-0.25, -0.2) is 0 Å². The molecule has 9 heteroatoms. The lowest BCUT2D eigenvalue weighted by Crippen LogP contribution is -1.96. The zero-order valence-corrected chi connectivity index (χ0v) is 11.5. The molecular weight excluding hydrogens is 404 g/mol. The number of nitrogens with zero attached hydrogens (tertiary/aromatic N) is 2. The van der Waals surface area contributed by atoms with Gasteiger partial charge in [-0.2, -0.15) is 0 Å². The predicted octanol–water partition coefficient (Wildman–Crippen LogP) is 3.79. The van der Waals surface area contributed by atoms with Crippen molar-refractivity contribution in [1.29, 1.82) is 0 Å². The molecule has 0 aliphatic carbocycles. The molecule has 1 aromatic carbocycles. The number of halogens is 3. The van der Waals surface area contributed by atoms with Crippen LogP contribution in [0.2, 0.25) is 0 Å². The minimum absolute atomic E-state index is 0.157. The smallest absolute Gasteiger partial charge is 0.258 e. The van der Waals surface area contributed by atoms with Gasteiger partial charge in [0.2, 0.25) is 0 Å². The van der Waals surface area contributed by atoms with Gasteiger partial charge in [0.15, 0.2) is 0 Å². The van der Waals surface area contributed by atoms with Crippen LogP contribution in [0.25, 0.3) is 0 Å². The average Bonchev–Trinajstić information content (AvgIpc) is 2.13. The molecule has 0 atom stereocenters. The molecule has 0 spiro atoms. The zero-order chi connectivity index (χ0) is 11.7. The number of rotatable bonds is 2. The molecule has 0 unspecified atom stereocenters. The maximum absolute atomic E-state index is 10.6. The SMILES string of the molecule is O=[N+]([O-])c1cc([N+](=O)[O-])c(Br)c(Br)c1Br. The lowest BCUT2D eigenvalue weighted by molar-refractivity contribution is -0.395. The first-order valence-corrected chi connectivity index (χ1v) is 5.70. The summed E-state index contributed by atoms with van der Waals surface area (Å²) in [5, 5.41) is 21.2. The Morgan fingerprint density at radius 3 is 1.47 bits per heavy atom. The molecule has 1 rings (SSSR count). The molecule has 15 heavy (non-hydrogen) atoms. The first-order valence-electron chi connectivity index (χ1n) is 3.32. The fourth-order valence-corrected chi connectivity index (χ4v) is 2.43. The van der Waals surface area contributed by atoms with Crippen LogP contribution in [-0.4, -0.2) is 9.85 Å². The zero-order valence-electron chi connectivity index (χ0n) is 6.74. The quantitative estimate of drug-likeness (QED) is 0.426. The van der Waals surface area contributed by atoms with Crippen molar-refractivity contribution in [2.75, 3.05) is 0 Å². The van der Waals surface area contributed by atoms with Crippen molar-refractivity contribution in [2.24, 2.45) is 0 Å². The summed E-state index contributed by atoms with van der Waals surface area (Å²) in [5.74, 6) is 0. The van der Waals surface area contributed by atoms with E-state index in [1.54, 1.807) is 0 Å². The van der Waals surface area contributed by atoms with Crippen molar-refractivity contribution in [2.45, 2.75) is 0 Å². The third-order valence-electron chi connectivity index (χ3n) is 1.50. The number of benzene rings is 1. The molecule has 0 bridgehead atoms. The first kappa shape index (κ1) is 12.5. The molecular formula is C6HBr3N2O4. The highest BCUT2D eigenvalue weighted by molar-refractivity contribution is 9.14. The number of hydrogen-bond acceptors (Lipinski definition) is 4. The van der Waals surface area contributed by atoms with E-state index in [-0.39, 0.29) is 24.8 Å². The van der Waals surface area contributed by atoms with E-state index in [1.807, 2.05) is 0 Å². The summed E-state index contributed by atoms with van der Waals surface area (Å²) >= 11 is 8.96. The predicted molar refractivity (Wildman–Crippen MR) is 62.9 cm³/mol. The van der Waals surface area contributed by atoms with Crippen LogP contribution < -0.4 is 0 Å². The van der Waals surface area contributed by atoms with Gasteiger partial charge in [-0.3, -0.25) is 20.2 Å². The van der Waals surface area contributed by atoms with Crippen LogP contribution in [0.15, 0.2) is 19.5 Å². The summed E-state index contributed by atoms with van der Waals surface area (Å²) in [5.41, 5.74) is -0.728. The Morgan fingerprint density at radius 2 is 1.20 bits per heavy atom. The van der Waals surface area contributed by atoms with Gasteiger partial charge in [0.25, 0.3) is 11.4 Å². The Bertz CT molecular complexity index is 424. The molecule has 0 amide bonds. The van der Waals surface area contributed by atoms with Crippen LogP contribution in [0.4, 0.5) is 11.4 Å². The lowest BCUT2D eigenvalue weighted by atomic mass is 10.3. The van der Waals surface area contributed by atoms with Gasteiger partial charge in [-0.15, -0.1) is 0 Å². The van der Waals surface area contributed by atoms with Crippen molar-refractivity contribution >= 4 is 59.2 Å². The molecule has 1 aromatic rings. The normalized spacial score (nSPS) is 10.1. The molecule has 0 aliphatic heterocycles. The van der Waals surface area contributed by atoms with Crippen molar-refractivity contribution in [3.8, 4) is 0 Å². The Hall–Kier alpha value is -0.540. The molecule has 0 heterocycles. The molecule has 0 N–H and O–H groups in total. The second-order valence-corrected chi connectivity index (χ2v) is 4.75. The van der Waals surface area contributed by atoms with Gasteiger partial charge >= 0.3 is 0 Å². The summed E-state index contributed by atoms with van der Waals surface area (Å²) in [4.78, 5) is 19.8. The second-order valence-electron chi connectivity index (χ2n) is 2.37. The van der Waals surface area contributed by atoms with Crippen molar-refractivity contribution < 1.29 is 9.85 Å². The molecule has 0 saturated carbocycles. The molecule has 80 valence electrons. The van der Waals surface area contributed by atoms with Gasteiger partial charge < -0.3 is 0 Å². The highest BCUT2D eigenvalue weighted by atomic mass is 79.9. The van der Waals surface area contributed by atoms with E-state index in [4.69, 9.17) is 0 Å². The van der Waals surface area contributed by atoms with Crippen molar-refractivity contribution in [3.63, 3.8) is 0 Å². The third-order valence-corrected chi connectivity index (χ3v) is 4.96. The minimum Gasteiger partial charge on any atom is -0.258 e. The van der Waals surface area contributed by atoms with Crippen LogP contribution in [-0.2, 0) is 0 Å². The Labute approximate surface area is 108 Å². The monoisotopic (exact) mass is 402 g/mol. The first-order chi connectivity index (χ1) is 6.86. The van der Waals surface area contributed by atoms with E-state index in [9.17, 15) is 20.2 Å². The maximum atomic E-state index is 10.6. The Morgan fingerprint density at radius 1 is 0.867 bits per heavy atom. The molecule has 0 aliphatic rings. The summed E-state index contributed by atoms with van der Waals surface area (Å²) in [6.45, 7) is 0. The molecule has 0 saturated heterocycles. The maximum Gasteiger partial charge on any atom is 0.291 e. The molecule has 0 radical (unpaired) electrons. The summed E-state index contributed by atoms with van der Waals surface area (Å²) < 4.78 is 0.554. The van der Waals surface area contributed by atoms with Gasteiger partial charge in [-0.1, -0.05) is 0 Å². The van der Waals surface area contributed by atoms with E-state index >= 15 is 0 Å². The standard InChI is InChI=1S/C6HBr3N2O4/c7-4-2(10(12)13)1-3(11(14)15)5(8)6(4)9/h1H. The number of nitro benzene ring substituents is 2.